The number of benzene rings is 1. The van der Waals surface area contributed by atoms with E-state index in [9.17, 15) is 12.8 Å². The number of halogens is 1. The van der Waals surface area contributed by atoms with Crippen molar-refractivity contribution in [1.29, 1.82) is 0 Å². The molecule has 0 radical (unpaired) electrons. The quantitative estimate of drug-likeness (QED) is 0.765. The van der Waals surface area contributed by atoms with Crippen LogP contribution in [0.15, 0.2) is 53.3 Å². The molecule has 0 bridgehead atoms. The molecule has 0 aliphatic carbocycles. The van der Waals surface area contributed by atoms with Gasteiger partial charge in [-0.25, -0.2) is 12.8 Å². The normalized spacial score (nSPS) is 11.4. The van der Waals surface area contributed by atoms with Crippen molar-refractivity contribution in [2.24, 2.45) is 0 Å². The zero-order chi connectivity index (χ0) is 17.2. The number of anilines is 1. The summed E-state index contributed by atoms with van der Waals surface area (Å²) in [5.74, 6) is -0.461. The lowest BCUT2D eigenvalue weighted by Gasteiger charge is -2.06. The molecule has 8 heteroatoms. The van der Waals surface area contributed by atoms with Crippen molar-refractivity contribution in [1.82, 2.24) is 10.1 Å². The number of aromatic nitrogens is 2. The molecule has 2 aromatic heterocycles. The van der Waals surface area contributed by atoms with Crippen molar-refractivity contribution < 1.29 is 17.3 Å². The second kappa shape index (κ2) is 6.40. The minimum Gasteiger partial charge on any atom is -0.337 e. The van der Waals surface area contributed by atoms with Gasteiger partial charge in [0.1, 0.15) is 11.5 Å². The van der Waals surface area contributed by atoms with Crippen molar-refractivity contribution in [3.8, 4) is 22.4 Å². The van der Waals surface area contributed by atoms with Crippen LogP contribution in [0.25, 0.3) is 22.4 Å². The predicted octanol–water partition coefficient (Wildman–Crippen LogP) is 3.30. The molecule has 0 amide bonds. The Morgan fingerprint density at radius 3 is 2.38 bits per heavy atom. The fourth-order valence-electron chi connectivity index (χ4n) is 2.16. The molecule has 0 atom stereocenters. The maximum absolute atomic E-state index is 13.2. The van der Waals surface area contributed by atoms with E-state index < -0.39 is 10.0 Å². The highest BCUT2D eigenvalue weighted by molar-refractivity contribution is 7.92. The molecule has 0 spiro atoms. The zero-order valence-electron chi connectivity index (χ0n) is 12.7. The third-order valence-electron chi connectivity index (χ3n) is 3.41. The molecule has 2 heterocycles. The highest BCUT2D eigenvalue weighted by Gasteiger charge is 2.22. The molecule has 0 saturated carbocycles. The second-order valence-electron chi connectivity index (χ2n) is 4.98. The van der Waals surface area contributed by atoms with Gasteiger partial charge in [0.15, 0.2) is 0 Å². The molecule has 0 saturated heterocycles. The number of nitrogens with one attached hydrogen (secondary N) is 1. The van der Waals surface area contributed by atoms with Crippen molar-refractivity contribution in [3.05, 3.63) is 54.6 Å². The summed E-state index contributed by atoms with van der Waals surface area (Å²) in [5, 5.41) is 3.97. The van der Waals surface area contributed by atoms with Crippen LogP contribution in [0.3, 0.4) is 0 Å². The topological polar surface area (TPSA) is 85.1 Å². The van der Waals surface area contributed by atoms with E-state index in [4.69, 9.17) is 4.52 Å². The van der Waals surface area contributed by atoms with Crippen LogP contribution in [0, 0.1) is 5.82 Å². The molecule has 1 aromatic carbocycles. The van der Waals surface area contributed by atoms with Gasteiger partial charge in [0.05, 0.1) is 11.3 Å². The fourth-order valence-corrected chi connectivity index (χ4v) is 2.73. The summed E-state index contributed by atoms with van der Waals surface area (Å²) < 4.78 is 44.5. The smallest absolute Gasteiger partial charge is 0.246 e. The van der Waals surface area contributed by atoms with Gasteiger partial charge in [0, 0.05) is 18.0 Å². The monoisotopic (exact) mass is 347 g/mol. The van der Waals surface area contributed by atoms with E-state index in [2.05, 4.69) is 14.9 Å². The maximum Gasteiger partial charge on any atom is 0.246 e. The van der Waals surface area contributed by atoms with E-state index in [1.807, 2.05) is 0 Å². The molecular formula is C16H14FN3O3S. The lowest BCUT2D eigenvalue weighted by molar-refractivity contribution is 0.438. The first-order valence-electron chi connectivity index (χ1n) is 7.16. The van der Waals surface area contributed by atoms with E-state index in [-0.39, 0.29) is 17.5 Å². The SMILES string of the molecule is CCS(=O)(=O)Nc1onc(-c2ccc(F)cc2)c1-c1ccncc1. The number of pyridine rings is 1. The van der Waals surface area contributed by atoms with Crippen molar-refractivity contribution in [2.75, 3.05) is 10.5 Å². The first-order valence-corrected chi connectivity index (χ1v) is 8.82. The highest BCUT2D eigenvalue weighted by Crippen LogP contribution is 2.37. The van der Waals surface area contributed by atoms with Gasteiger partial charge in [0.25, 0.3) is 0 Å². The molecule has 0 aliphatic rings. The number of sulfonamides is 1. The Morgan fingerprint density at radius 2 is 1.75 bits per heavy atom. The molecule has 124 valence electrons. The van der Waals surface area contributed by atoms with Gasteiger partial charge in [-0.1, -0.05) is 5.16 Å². The third kappa shape index (κ3) is 3.28. The van der Waals surface area contributed by atoms with Crippen LogP contribution >= 0.6 is 0 Å². The molecule has 24 heavy (non-hydrogen) atoms. The average Bonchev–Trinajstić information content (AvgIpc) is 2.99. The lowest BCUT2D eigenvalue weighted by Crippen LogP contribution is -2.14. The molecule has 3 aromatic rings. The molecular weight excluding hydrogens is 333 g/mol. The van der Waals surface area contributed by atoms with Gasteiger partial charge >= 0.3 is 0 Å². The van der Waals surface area contributed by atoms with Gasteiger partial charge < -0.3 is 4.52 Å². The summed E-state index contributed by atoms with van der Waals surface area (Å²) in [4.78, 5) is 3.95. The first kappa shape index (κ1) is 16.1. The molecule has 3 rings (SSSR count). The van der Waals surface area contributed by atoms with Crippen LogP contribution in [0.1, 0.15) is 6.92 Å². The Balaban J connectivity index is 2.16. The van der Waals surface area contributed by atoms with Gasteiger partial charge in [-0.3, -0.25) is 9.71 Å². The summed E-state index contributed by atoms with van der Waals surface area (Å²) in [6.45, 7) is 1.52. The fraction of sp³-hybridized carbons (Fsp3) is 0.125. The van der Waals surface area contributed by atoms with Crippen LogP contribution in [0.5, 0.6) is 0 Å². The Morgan fingerprint density at radius 1 is 1.08 bits per heavy atom. The van der Waals surface area contributed by atoms with E-state index in [1.54, 1.807) is 36.7 Å². The number of hydrogen-bond donors (Lipinski definition) is 1. The average molecular weight is 347 g/mol. The highest BCUT2D eigenvalue weighted by atomic mass is 32.2. The van der Waals surface area contributed by atoms with Crippen molar-refractivity contribution in [2.45, 2.75) is 6.92 Å². The molecule has 6 nitrogen and oxygen atoms in total. The Kier molecular flexibility index (Phi) is 4.30. The van der Waals surface area contributed by atoms with Crippen molar-refractivity contribution in [3.63, 3.8) is 0 Å². The number of hydrogen-bond acceptors (Lipinski definition) is 5. The van der Waals surface area contributed by atoms with Crippen LogP contribution in [0.2, 0.25) is 0 Å². The third-order valence-corrected chi connectivity index (χ3v) is 4.66. The zero-order valence-corrected chi connectivity index (χ0v) is 13.5. The van der Waals surface area contributed by atoms with Crippen LogP contribution < -0.4 is 4.72 Å². The summed E-state index contributed by atoms with van der Waals surface area (Å²) >= 11 is 0. The maximum atomic E-state index is 13.2. The Hall–Kier alpha value is -2.74. The largest absolute Gasteiger partial charge is 0.337 e. The van der Waals surface area contributed by atoms with Crippen LogP contribution in [0.4, 0.5) is 10.3 Å². The summed E-state index contributed by atoms with van der Waals surface area (Å²) in [7, 11) is -3.54. The Labute approximate surface area is 138 Å². The predicted molar refractivity (Wildman–Crippen MR) is 88.2 cm³/mol. The standard InChI is InChI=1S/C16H14FN3O3S/c1-2-24(21,22)20-16-14(11-7-9-18-10-8-11)15(19-23-16)12-3-5-13(17)6-4-12/h3-10,20H,2H2,1H3. The van der Waals surface area contributed by atoms with E-state index in [0.717, 1.165) is 0 Å². The van der Waals surface area contributed by atoms with E-state index >= 15 is 0 Å². The van der Waals surface area contributed by atoms with E-state index in [1.165, 1.54) is 19.1 Å². The summed E-state index contributed by atoms with van der Waals surface area (Å²) in [5.41, 5.74) is 2.17. The summed E-state index contributed by atoms with van der Waals surface area (Å²) in [6.07, 6.45) is 3.16. The number of rotatable bonds is 5. The van der Waals surface area contributed by atoms with Gasteiger partial charge in [-0.2, -0.15) is 0 Å². The minimum absolute atomic E-state index is 0.0161. The Bertz CT molecular complexity index is 938. The van der Waals surface area contributed by atoms with Crippen LogP contribution in [-0.4, -0.2) is 24.3 Å². The van der Waals surface area contributed by atoms with Gasteiger partial charge in [-0.15, -0.1) is 0 Å². The van der Waals surface area contributed by atoms with Gasteiger partial charge in [0.2, 0.25) is 15.9 Å². The lowest BCUT2D eigenvalue weighted by atomic mass is 10.0. The summed E-state index contributed by atoms with van der Waals surface area (Å²) in [6, 6.07) is 9.13. The number of nitrogens with zero attached hydrogens (tertiary/aromatic N) is 2. The molecule has 1 N–H and O–H groups in total. The van der Waals surface area contributed by atoms with Gasteiger partial charge in [-0.05, 0) is 48.9 Å². The van der Waals surface area contributed by atoms with Crippen molar-refractivity contribution >= 4 is 15.9 Å². The second-order valence-corrected chi connectivity index (χ2v) is 6.99. The molecule has 0 unspecified atom stereocenters. The van der Waals surface area contributed by atoms with Crippen LogP contribution in [-0.2, 0) is 10.0 Å². The molecule has 0 fully saturated rings. The first-order chi connectivity index (χ1) is 11.5. The molecule has 0 aliphatic heterocycles. The van der Waals surface area contributed by atoms with E-state index in [0.29, 0.717) is 22.4 Å². The minimum atomic E-state index is -3.54.